The van der Waals surface area contributed by atoms with Gasteiger partial charge in [0, 0.05) is 18.3 Å². The van der Waals surface area contributed by atoms with Gasteiger partial charge in [-0.15, -0.1) is 0 Å². The van der Waals surface area contributed by atoms with E-state index in [1.165, 1.54) is 25.7 Å². The van der Waals surface area contributed by atoms with Crippen molar-refractivity contribution in [1.82, 2.24) is 0 Å². The van der Waals surface area contributed by atoms with Crippen LogP contribution in [0.5, 0.6) is 0 Å². The summed E-state index contributed by atoms with van der Waals surface area (Å²) in [6, 6.07) is 3.84. The molecule has 2 aliphatic rings. The van der Waals surface area contributed by atoms with Crippen LogP contribution in [0.3, 0.4) is 0 Å². The number of benzene rings is 1. The normalized spacial score (nSPS) is 25.6. The molecule has 2 atom stereocenters. The van der Waals surface area contributed by atoms with Crippen molar-refractivity contribution in [2.45, 2.75) is 38.1 Å². The molecule has 0 bridgehead atoms. The van der Waals surface area contributed by atoms with Gasteiger partial charge in [-0.05, 0) is 43.7 Å². The van der Waals surface area contributed by atoms with E-state index in [2.05, 4.69) is 4.90 Å². The van der Waals surface area contributed by atoms with Crippen molar-refractivity contribution in [2.75, 3.05) is 17.2 Å². The third kappa shape index (κ3) is 2.22. The molecule has 2 unspecified atom stereocenters. The van der Waals surface area contributed by atoms with E-state index in [9.17, 15) is 4.79 Å². The lowest BCUT2D eigenvalue weighted by molar-refractivity contribution is 0.100. The Kier molecular flexibility index (Phi) is 3.50. The topological polar surface area (TPSA) is 72.3 Å². The standard InChI is InChI=1S/C15H20ClN3O/c16-12-8-10(17)7-11(15(18)20)14(12)19-6-2-4-9-3-1-5-13(9)19/h7-9,13H,1-6,17H2,(H2,18,20). The summed E-state index contributed by atoms with van der Waals surface area (Å²) in [6.07, 6.45) is 6.12. The molecule has 0 aromatic heterocycles. The average molecular weight is 294 g/mol. The monoisotopic (exact) mass is 293 g/mol. The van der Waals surface area contributed by atoms with E-state index in [1.54, 1.807) is 12.1 Å². The predicted molar refractivity (Wildman–Crippen MR) is 82.1 cm³/mol. The van der Waals surface area contributed by atoms with Gasteiger partial charge in [-0.25, -0.2) is 0 Å². The summed E-state index contributed by atoms with van der Waals surface area (Å²) in [5, 5.41) is 0.534. The van der Waals surface area contributed by atoms with Gasteiger partial charge < -0.3 is 16.4 Å². The number of piperidine rings is 1. The molecule has 5 heteroatoms. The number of nitrogens with zero attached hydrogens (tertiary/aromatic N) is 1. The Balaban J connectivity index is 2.06. The molecule has 1 saturated carbocycles. The molecule has 1 aromatic carbocycles. The first-order valence-electron chi connectivity index (χ1n) is 7.23. The van der Waals surface area contributed by atoms with Gasteiger partial charge in [-0.1, -0.05) is 18.0 Å². The Bertz CT molecular complexity index is 546. The molecular formula is C15H20ClN3O. The number of rotatable bonds is 2. The van der Waals surface area contributed by atoms with E-state index in [-0.39, 0.29) is 0 Å². The van der Waals surface area contributed by atoms with Gasteiger partial charge in [0.2, 0.25) is 0 Å². The molecular weight excluding hydrogens is 274 g/mol. The Morgan fingerprint density at radius 1 is 1.25 bits per heavy atom. The fourth-order valence-corrected chi connectivity index (χ4v) is 4.17. The van der Waals surface area contributed by atoms with Gasteiger partial charge >= 0.3 is 0 Å². The maximum atomic E-state index is 11.7. The molecule has 0 spiro atoms. The minimum atomic E-state index is -0.464. The molecule has 2 fully saturated rings. The van der Waals surface area contributed by atoms with E-state index in [0.717, 1.165) is 24.6 Å². The molecule has 1 saturated heterocycles. The van der Waals surface area contributed by atoms with E-state index in [1.807, 2.05) is 0 Å². The van der Waals surface area contributed by atoms with Gasteiger partial charge in [-0.3, -0.25) is 4.79 Å². The Hall–Kier alpha value is -1.42. The smallest absolute Gasteiger partial charge is 0.250 e. The van der Waals surface area contributed by atoms with E-state index in [0.29, 0.717) is 22.3 Å². The van der Waals surface area contributed by atoms with Crippen LogP contribution in [0, 0.1) is 5.92 Å². The third-order valence-corrected chi connectivity index (χ3v) is 4.92. The average Bonchev–Trinajstić information content (AvgIpc) is 2.86. The molecule has 1 aromatic rings. The van der Waals surface area contributed by atoms with Crippen LogP contribution >= 0.6 is 11.6 Å². The zero-order chi connectivity index (χ0) is 14.3. The highest BCUT2D eigenvalue weighted by Gasteiger charge is 2.37. The molecule has 4 N–H and O–H groups in total. The number of halogens is 1. The minimum Gasteiger partial charge on any atom is -0.399 e. The van der Waals surface area contributed by atoms with Gasteiger partial charge in [0.05, 0.1) is 16.3 Å². The lowest BCUT2D eigenvalue weighted by atomic mass is 9.91. The molecule has 20 heavy (non-hydrogen) atoms. The SMILES string of the molecule is NC(=O)c1cc(N)cc(Cl)c1N1CCCC2CCCC21. The van der Waals surface area contributed by atoms with Crippen molar-refractivity contribution in [2.24, 2.45) is 11.7 Å². The number of primary amides is 1. The van der Waals surface area contributed by atoms with Crippen LogP contribution < -0.4 is 16.4 Å². The highest BCUT2D eigenvalue weighted by atomic mass is 35.5. The van der Waals surface area contributed by atoms with Crippen LogP contribution in [0.2, 0.25) is 5.02 Å². The first-order valence-corrected chi connectivity index (χ1v) is 7.61. The predicted octanol–water partition coefficient (Wildman–Crippen LogP) is 2.79. The van der Waals surface area contributed by atoms with Crippen LogP contribution in [0.15, 0.2) is 12.1 Å². The Morgan fingerprint density at radius 3 is 2.75 bits per heavy atom. The van der Waals surface area contributed by atoms with Crippen molar-refractivity contribution in [3.63, 3.8) is 0 Å². The molecule has 108 valence electrons. The maximum Gasteiger partial charge on any atom is 0.250 e. The zero-order valence-electron chi connectivity index (χ0n) is 11.4. The Labute approximate surface area is 124 Å². The van der Waals surface area contributed by atoms with Crippen molar-refractivity contribution in [3.05, 3.63) is 22.7 Å². The number of carbonyl (C=O) groups is 1. The first kappa shape index (κ1) is 13.6. The molecule has 0 radical (unpaired) electrons. The molecule has 1 aliphatic carbocycles. The number of anilines is 2. The Morgan fingerprint density at radius 2 is 2.00 bits per heavy atom. The van der Waals surface area contributed by atoms with E-state index in [4.69, 9.17) is 23.1 Å². The van der Waals surface area contributed by atoms with Gasteiger partial charge in [0.1, 0.15) is 0 Å². The molecule has 4 nitrogen and oxygen atoms in total. The van der Waals surface area contributed by atoms with Crippen LogP contribution in [0.4, 0.5) is 11.4 Å². The van der Waals surface area contributed by atoms with Crippen molar-refractivity contribution >= 4 is 28.9 Å². The van der Waals surface area contributed by atoms with E-state index >= 15 is 0 Å². The highest BCUT2D eigenvalue weighted by molar-refractivity contribution is 6.34. The summed E-state index contributed by atoms with van der Waals surface area (Å²) in [5.74, 6) is 0.257. The number of hydrogen-bond acceptors (Lipinski definition) is 3. The summed E-state index contributed by atoms with van der Waals surface area (Å²) in [6.45, 7) is 0.936. The number of hydrogen-bond donors (Lipinski definition) is 2. The lowest BCUT2D eigenvalue weighted by Gasteiger charge is -2.40. The van der Waals surface area contributed by atoms with E-state index < -0.39 is 5.91 Å². The van der Waals surface area contributed by atoms with Crippen molar-refractivity contribution < 1.29 is 4.79 Å². The van der Waals surface area contributed by atoms with Crippen LogP contribution in [-0.2, 0) is 0 Å². The molecule has 1 heterocycles. The zero-order valence-corrected chi connectivity index (χ0v) is 12.2. The second-order valence-corrected chi connectivity index (χ2v) is 6.26. The number of carbonyl (C=O) groups excluding carboxylic acids is 1. The second-order valence-electron chi connectivity index (χ2n) is 5.86. The van der Waals surface area contributed by atoms with Gasteiger partial charge in [0.25, 0.3) is 5.91 Å². The van der Waals surface area contributed by atoms with Crippen LogP contribution in [0.25, 0.3) is 0 Å². The highest BCUT2D eigenvalue weighted by Crippen LogP contribution is 2.43. The number of nitrogen functional groups attached to an aromatic ring is 1. The van der Waals surface area contributed by atoms with Gasteiger partial charge in [0.15, 0.2) is 0 Å². The largest absolute Gasteiger partial charge is 0.399 e. The first-order chi connectivity index (χ1) is 9.58. The summed E-state index contributed by atoms with van der Waals surface area (Å²) < 4.78 is 0. The summed E-state index contributed by atoms with van der Waals surface area (Å²) >= 11 is 6.37. The summed E-state index contributed by atoms with van der Waals surface area (Å²) in [5.41, 5.74) is 13.0. The summed E-state index contributed by atoms with van der Waals surface area (Å²) in [4.78, 5) is 14.0. The van der Waals surface area contributed by atoms with Crippen molar-refractivity contribution in [3.8, 4) is 0 Å². The molecule has 1 aliphatic heterocycles. The number of fused-ring (bicyclic) bond motifs is 1. The lowest BCUT2D eigenvalue weighted by Crippen LogP contribution is -2.43. The second kappa shape index (κ2) is 5.17. The fraction of sp³-hybridized carbons (Fsp3) is 0.533. The number of amides is 1. The maximum absolute atomic E-state index is 11.7. The molecule has 3 rings (SSSR count). The van der Waals surface area contributed by atoms with Gasteiger partial charge in [-0.2, -0.15) is 0 Å². The summed E-state index contributed by atoms with van der Waals surface area (Å²) in [7, 11) is 0. The van der Waals surface area contributed by atoms with Crippen LogP contribution in [-0.4, -0.2) is 18.5 Å². The fourth-order valence-electron chi connectivity index (χ4n) is 3.83. The quantitative estimate of drug-likeness (QED) is 0.824. The minimum absolute atomic E-state index is 0.447. The van der Waals surface area contributed by atoms with Crippen LogP contribution in [0.1, 0.15) is 42.5 Å². The number of nitrogens with two attached hydrogens (primary N) is 2. The van der Waals surface area contributed by atoms with Crippen molar-refractivity contribution in [1.29, 1.82) is 0 Å². The molecule has 1 amide bonds. The third-order valence-electron chi connectivity index (χ3n) is 4.63.